The van der Waals surface area contributed by atoms with E-state index < -0.39 is 23.2 Å². The molecule has 4 nitrogen and oxygen atoms in total. The minimum absolute atomic E-state index is 0.279. The van der Waals surface area contributed by atoms with Gasteiger partial charge in [0.1, 0.15) is 17.3 Å². The number of amides is 1. The van der Waals surface area contributed by atoms with Gasteiger partial charge in [-0.25, -0.2) is 8.78 Å². The number of anilines is 2. The van der Waals surface area contributed by atoms with Crippen molar-refractivity contribution in [3.05, 3.63) is 53.9 Å². The Kier molecular flexibility index (Phi) is 4.81. The predicted molar refractivity (Wildman–Crippen MR) is 77.3 cm³/mol. The van der Waals surface area contributed by atoms with Gasteiger partial charge in [-0.15, -0.1) is 0 Å². The molecule has 2 N–H and O–H groups in total. The number of rotatable bonds is 5. The predicted octanol–water partition coefficient (Wildman–Crippen LogP) is 3.43. The lowest BCUT2D eigenvalue weighted by atomic mass is 10.2. The molecule has 2 rings (SSSR count). The fourth-order valence-electron chi connectivity index (χ4n) is 1.79. The zero-order chi connectivity index (χ0) is 15.2. The van der Waals surface area contributed by atoms with Crippen LogP contribution in [0.25, 0.3) is 0 Å². The number of hydrogen-bond acceptors (Lipinski definition) is 3. The fraction of sp³-hybridized carbons (Fsp3) is 0.200. The van der Waals surface area contributed by atoms with E-state index in [0.717, 1.165) is 18.6 Å². The number of para-hydroxylation sites is 1. The molecule has 0 spiro atoms. The molecule has 0 saturated heterocycles. The molecule has 0 saturated carbocycles. The number of carbonyl (C=O) groups excluding carboxylic acids is 1. The quantitative estimate of drug-likeness (QED) is 0.887. The third-order valence-electron chi connectivity index (χ3n) is 2.83. The van der Waals surface area contributed by atoms with Gasteiger partial charge in [-0.1, -0.05) is 13.0 Å². The lowest BCUT2D eigenvalue weighted by molar-refractivity contribution is 0.102. The number of carbonyl (C=O) groups is 1. The third-order valence-corrected chi connectivity index (χ3v) is 2.83. The molecule has 0 bridgehead atoms. The molecule has 0 fully saturated rings. The molecule has 1 aromatic heterocycles. The Hall–Kier alpha value is -2.50. The second kappa shape index (κ2) is 6.78. The molecule has 0 aliphatic carbocycles. The van der Waals surface area contributed by atoms with Crippen molar-refractivity contribution in [1.29, 1.82) is 0 Å². The van der Waals surface area contributed by atoms with Crippen molar-refractivity contribution in [1.82, 2.24) is 4.98 Å². The van der Waals surface area contributed by atoms with Crippen LogP contribution in [0.15, 0.2) is 36.7 Å². The molecule has 0 aliphatic heterocycles. The van der Waals surface area contributed by atoms with Crippen molar-refractivity contribution in [2.24, 2.45) is 0 Å². The SMILES string of the molecule is CCCNc1cnccc1C(=O)Nc1c(F)cccc1F. The Morgan fingerprint density at radius 3 is 2.62 bits per heavy atom. The monoisotopic (exact) mass is 291 g/mol. The summed E-state index contributed by atoms with van der Waals surface area (Å²) in [4.78, 5) is 16.1. The summed E-state index contributed by atoms with van der Waals surface area (Å²) < 4.78 is 27.1. The first-order valence-electron chi connectivity index (χ1n) is 6.56. The maximum atomic E-state index is 13.5. The number of aromatic nitrogens is 1. The van der Waals surface area contributed by atoms with Gasteiger partial charge in [0.05, 0.1) is 17.4 Å². The Bertz CT molecular complexity index is 626. The van der Waals surface area contributed by atoms with Gasteiger partial charge in [-0.2, -0.15) is 0 Å². The summed E-state index contributed by atoms with van der Waals surface area (Å²) in [7, 11) is 0. The van der Waals surface area contributed by atoms with E-state index in [4.69, 9.17) is 0 Å². The standard InChI is InChI=1S/C15H15F2N3O/c1-2-7-19-13-9-18-8-6-10(13)15(21)20-14-11(16)4-3-5-12(14)17/h3-6,8-9,19H,2,7H2,1H3,(H,20,21). The molecule has 0 unspecified atom stereocenters. The molecule has 1 aromatic carbocycles. The van der Waals surface area contributed by atoms with Crippen LogP contribution in [0, 0.1) is 11.6 Å². The zero-order valence-electron chi connectivity index (χ0n) is 11.5. The van der Waals surface area contributed by atoms with Crippen LogP contribution < -0.4 is 10.6 Å². The van der Waals surface area contributed by atoms with Crippen LogP contribution >= 0.6 is 0 Å². The van der Waals surface area contributed by atoms with E-state index in [2.05, 4.69) is 15.6 Å². The van der Waals surface area contributed by atoms with Crippen LogP contribution in [0.5, 0.6) is 0 Å². The first-order valence-corrected chi connectivity index (χ1v) is 6.56. The summed E-state index contributed by atoms with van der Waals surface area (Å²) in [6.07, 6.45) is 3.82. The summed E-state index contributed by atoms with van der Waals surface area (Å²) in [5.74, 6) is -2.24. The average Bonchev–Trinajstić information content (AvgIpc) is 2.49. The highest BCUT2D eigenvalue weighted by Crippen LogP contribution is 2.21. The van der Waals surface area contributed by atoms with E-state index in [1.54, 1.807) is 0 Å². The van der Waals surface area contributed by atoms with E-state index in [-0.39, 0.29) is 5.56 Å². The van der Waals surface area contributed by atoms with Gasteiger partial charge in [0.2, 0.25) is 0 Å². The molecule has 0 atom stereocenters. The van der Waals surface area contributed by atoms with E-state index in [9.17, 15) is 13.6 Å². The summed E-state index contributed by atoms with van der Waals surface area (Å²) >= 11 is 0. The first kappa shape index (κ1) is 14.9. The molecule has 0 aliphatic rings. The number of nitrogens with zero attached hydrogens (tertiary/aromatic N) is 1. The zero-order valence-corrected chi connectivity index (χ0v) is 11.5. The van der Waals surface area contributed by atoms with Crippen molar-refractivity contribution >= 4 is 17.3 Å². The molecule has 110 valence electrons. The number of nitrogens with one attached hydrogen (secondary N) is 2. The minimum Gasteiger partial charge on any atom is -0.383 e. The molecule has 0 radical (unpaired) electrons. The minimum atomic E-state index is -0.819. The van der Waals surface area contributed by atoms with Gasteiger partial charge in [-0.3, -0.25) is 9.78 Å². The topological polar surface area (TPSA) is 54.0 Å². The molecule has 2 aromatic rings. The van der Waals surface area contributed by atoms with Crippen LogP contribution in [-0.4, -0.2) is 17.4 Å². The van der Waals surface area contributed by atoms with Crippen molar-refractivity contribution < 1.29 is 13.6 Å². The number of halogens is 2. The first-order chi connectivity index (χ1) is 10.1. The Morgan fingerprint density at radius 1 is 1.24 bits per heavy atom. The van der Waals surface area contributed by atoms with E-state index in [1.165, 1.54) is 24.5 Å². The van der Waals surface area contributed by atoms with Crippen LogP contribution in [0.4, 0.5) is 20.2 Å². The maximum Gasteiger partial charge on any atom is 0.258 e. The van der Waals surface area contributed by atoms with Crippen LogP contribution in [-0.2, 0) is 0 Å². The molecule has 1 heterocycles. The maximum absolute atomic E-state index is 13.5. The Balaban J connectivity index is 2.25. The molecule has 1 amide bonds. The normalized spacial score (nSPS) is 10.2. The summed E-state index contributed by atoms with van der Waals surface area (Å²) in [6.45, 7) is 2.65. The number of benzene rings is 1. The fourth-order valence-corrected chi connectivity index (χ4v) is 1.79. The highest BCUT2D eigenvalue weighted by molar-refractivity contribution is 6.08. The smallest absolute Gasteiger partial charge is 0.258 e. The summed E-state index contributed by atoms with van der Waals surface area (Å²) in [5, 5.41) is 5.30. The Morgan fingerprint density at radius 2 is 1.95 bits per heavy atom. The molecule has 21 heavy (non-hydrogen) atoms. The highest BCUT2D eigenvalue weighted by Gasteiger charge is 2.16. The van der Waals surface area contributed by atoms with Gasteiger partial charge < -0.3 is 10.6 Å². The second-order valence-electron chi connectivity index (χ2n) is 4.40. The van der Waals surface area contributed by atoms with E-state index >= 15 is 0 Å². The van der Waals surface area contributed by atoms with Crippen molar-refractivity contribution in [2.75, 3.05) is 17.2 Å². The van der Waals surface area contributed by atoms with Crippen LogP contribution in [0.2, 0.25) is 0 Å². The van der Waals surface area contributed by atoms with Crippen LogP contribution in [0.1, 0.15) is 23.7 Å². The van der Waals surface area contributed by atoms with Gasteiger partial charge in [-0.05, 0) is 24.6 Å². The van der Waals surface area contributed by atoms with Gasteiger partial charge >= 0.3 is 0 Å². The molecular weight excluding hydrogens is 276 g/mol. The van der Waals surface area contributed by atoms with E-state index in [0.29, 0.717) is 12.2 Å². The largest absolute Gasteiger partial charge is 0.383 e. The summed E-state index contributed by atoms with van der Waals surface area (Å²) in [6, 6.07) is 4.90. The Labute approximate surface area is 121 Å². The number of pyridine rings is 1. The summed E-state index contributed by atoms with van der Waals surface area (Å²) in [5.41, 5.74) is 0.343. The van der Waals surface area contributed by atoms with Crippen LogP contribution in [0.3, 0.4) is 0 Å². The number of hydrogen-bond donors (Lipinski definition) is 2. The second-order valence-corrected chi connectivity index (χ2v) is 4.40. The molecule has 6 heteroatoms. The van der Waals surface area contributed by atoms with Gasteiger partial charge in [0.25, 0.3) is 5.91 Å². The third kappa shape index (κ3) is 3.53. The van der Waals surface area contributed by atoms with Crippen molar-refractivity contribution in [3.8, 4) is 0 Å². The molecular formula is C15H15F2N3O. The lowest BCUT2D eigenvalue weighted by Gasteiger charge is -2.12. The van der Waals surface area contributed by atoms with Crippen molar-refractivity contribution in [2.45, 2.75) is 13.3 Å². The average molecular weight is 291 g/mol. The van der Waals surface area contributed by atoms with Crippen molar-refractivity contribution in [3.63, 3.8) is 0 Å². The van der Waals surface area contributed by atoms with E-state index in [1.807, 2.05) is 6.92 Å². The van der Waals surface area contributed by atoms with Gasteiger partial charge in [0, 0.05) is 12.7 Å². The van der Waals surface area contributed by atoms with Gasteiger partial charge in [0.15, 0.2) is 0 Å². The highest BCUT2D eigenvalue weighted by atomic mass is 19.1. The lowest BCUT2D eigenvalue weighted by Crippen LogP contribution is -2.17.